The first kappa shape index (κ1) is 61.9. The topological polar surface area (TPSA) is 276 Å². The first-order chi connectivity index (χ1) is 43.2. The lowest BCUT2D eigenvalue weighted by Gasteiger charge is -2.59. The van der Waals surface area contributed by atoms with Crippen LogP contribution in [0, 0.1) is 45.8 Å². The second-order valence-corrected chi connectivity index (χ2v) is 26.7. The number of para-hydroxylation sites is 1. The highest BCUT2D eigenvalue weighted by Crippen LogP contribution is 2.70. The highest BCUT2D eigenvalue weighted by Gasteiger charge is 2.76. The van der Waals surface area contributed by atoms with Crippen molar-refractivity contribution in [2.24, 2.45) is 34.0 Å². The maximum Gasteiger partial charge on any atom is 0.407 e. The summed E-state index contributed by atoms with van der Waals surface area (Å²) < 4.78 is 19.3. The van der Waals surface area contributed by atoms with Gasteiger partial charge in [-0.05, 0) is 153 Å². The van der Waals surface area contributed by atoms with Gasteiger partial charge in [-0.1, -0.05) is 104 Å². The number of allylic oxidation sites excluding steroid dienone is 4. The zero-order chi connectivity index (χ0) is 63.2. The van der Waals surface area contributed by atoms with E-state index in [0.29, 0.717) is 35.3 Å². The van der Waals surface area contributed by atoms with E-state index >= 15 is 0 Å². The smallest absolute Gasteiger partial charge is 0.407 e. The molecule has 7 fully saturated rings. The molecule has 2 bridgehead atoms. The van der Waals surface area contributed by atoms with Crippen LogP contribution < -0.4 is 26.2 Å². The summed E-state index contributed by atoms with van der Waals surface area (Å²) in [6, 6.07) is 28.3. The summed E-state index contributed by atoms with van der Waals surface area (Å²) in [4.78, 5) is 106. The molecule has 6 saturated carbocycles. The average Bonchev–Trinajstić information content (AvgIpc) is 1.48. The van der Waals surface area contributed by atoms with Crippen molar-refractivity contribution in [3.8, 4) is 11.8 Å². The molecule has 9 aliphatic rings. The van der Waals surface area contributed by atoms with Crippen molar-refractivity contribution in [3.05, 3.63) is 154 Å². The van der Waals surface area contributed by atoms with Crippen molar-refractivity contribution in [1.82, 2.24) is 16.0 Å². The van der Waals surface area contributed by atoms with E-state index in [9.17, 15) is 53.7 Å². The van der Waals surface area contributed by atoms with Crippen LogP contribution in [-0.2, 0) is 67.3 Å². The van der Waals surface area contributed by atoms with Crippen LogP contribution in [0.1, 0.15) is 143 Å². The summed E-state index contributed by atoms with van der Waals surface area (Å²) in [6.45, 7) is 3.16. The molecule has 4 aromatic rings. The number of rotatable bonds is 19. The summed E-state index contributed by atoms with van der Waals surface area (Å²) in [6.07, 6.45) is 10.0. The van der Waals surface area contributed by atoms with Crippen molar-refractivity contribution in [2.75, 3.05) is 23.4 Å². The van der Waals surface area contributed by atoms with Crippen LogP contribution >= 0.6 is 0 Å². The summed E-state index contributed by atoms with van der Waals surface area (Å²) in [5.74, 6) is 2.35. The fourth-order valence-electron chi connectivity index (χ4n) is 16.7. The van der Waals surface area contributed by atoms with Gasteiger partial charge in [-0.15, -0.1) is 0 Å². The predicted octanol–water partition coefficient (Wildman–Crippen LogP) is 7.98. The normalized spacial score (nSPS) is 30.1. The van der Waals surface area contributed by atoms with Crippen LogP contribution in [0.15, 0.2) is 121 Å². The van der Waals surface area contributed by atoms with Crippen LogP contribution in [0.3, 0.4) is 0 Å². The number of Topliss-reactive ketones (excluding diaryl/α,β-unsaturated/α-hetero) is 1. The Morgan fingerprint density at radius 2 is 1.52 bits per heavy atom. The summed E-state index contributed by atoms with van der Waals surface area (Å²) >= 11 is 0. The minimum atomic E-state index is -1.43. The number of ether oxygens (including phenoxy) is 3. The molecule has 2 aliphatic heterocycles. The van der Waals surface area contributed by atoms with Gasteiger partial charge in [-0.3, -0.25) is 33.6 Å². The highest BCUT2D eigenvalue weighted by molar-refractivity contribution is 6.01. The highest BCUT2D eigenvalue weighted by atomic mass is 16.7. The molecule has 4 aromatic carbocycles. The van der Waals surface area contributed by atoms with Crippen LogP contribution in [0.25, 0.3) is 0 Å². The molecule has 13 rings (SSSR count). The molecule has 470 valence electrons. The number of aliphatic hydroxyl groups is 2. The zero-order valence-electron chi connectivity index (χ0n) is 50.7. The fraction of sp³-hybridized carbons (Fsp3) is 0.465. The maximum atomic E-state index is 14.1. The number of carbonyl (C=O) groups is 8. The van der Waals surface area contributed by atoms with Gasteiger partial charge in [-0.2, -0.15) is 0 Å². The lowest BCUT2D eigenvalue weighted by atomic mass is 9.46. The fourth-order valence-corrected chi connectivity index (χ4v) is 16.7. The zero-order valence-corrected chi connectivity index (χ0v) is 50.7. The third-order valence-electron chi connectivity index (χ3n) is 21.5. The molecule has 0 aromatic heterocycles. The molecule has 19 nitrogen and oxygen atoms in total. The molecular weight excluding hydrogens is 1150 g/mol. The molecule has 19 heteroatoms. The van der Waals surface area contributed by atoms with Gasteiger partial charge < -0.3 is 55.7 Å². The number of benzene rings is 4. The molecule has 90 heavy (non-hydrogen) atoms. The first-order valence-electron chi connectivity index (χ1n) is 31.5. The monoisotopic (exact) mass is 1220 g/mol. The molecule has 7 aliphatic carbocycles. The van der Waals surface area contributed by atoms with E-state index < -0.39 is 96.1 Å². The number of ketones is 2. The Morgan fingerprint density at radius 1 is 0.822 bits per heavy atom. The molecule has 10 atom stereocenters. The number of carbonyl (C=O) groups excluding carboxylic acids is 7. The second-order valence-electron chi connectivity index (χ2n) is 26.7. The van der Waals surface area contributed by atoms with Crippen molar-refractivity contribution in [3.63, 3.8) is 0 Å². The van der Waals surface area contributed by atoms with Gasteiger partial charge in [0.05, 0.1) is 31.0 Å². The lowest BCUT2D eigenvalue weighted by molar-refractivity contribution is -0.201. The van der Waals surface area contributed by atoms with Gasteiger partial charge >= 0.3 is 12.1 Å². The molecular formula is C71H77N5O14. The number of aliphatic hydroxyl groups excluding tert-OH is 2. The van der Waals surface area contributed by atoms with E-state index in [1.807, 2.05) is 67.6 Å². The van der Waals surface area contributed by atoms with E-state index in [4.69, 9.17) is 14.2 Å². The summed E-state index contributed by atoms with van der Waals surface area (Å²) in [5, 5.41) is 42.9. The maximum absolute atomic E-state index is 14.1. The molecule has 1 saturated heterocycles. The van der Waals surface area contributed by atoms with Gasteiger partial charge in [0.15, 0.2) is 23.5 Å². The minimum Gasteiger partial charge on any atom is -0.481 e. The van der Waals surface area contributed by atoms with Gasteiger partial charge in [0.25, 0.3) is 0 Å². The van der Waals surface area contributed by atoms with Crippen molar-refractivity contribution >= 4 is 58.6 Å². The van der Waals surface area contributed by atoms with Crippen molar-refractivity contribution in [2.45, 2.75) is 159 Å². The van der Waals surface area contributed by atoms with Crippen molar-refractivity contribution in [1.29, 1.82) is 0 Å². The molecule has 5 amide bonds. The third kappa shape index (κ3) is 11.9. The van der Waals surface area contributed by atoms with Gasteiger partial charge in [0.2, 0.25) is 23.6 Å². The second kappa shape index (κ2) is 24.8. The molecule has 0 radical (unpaired) electrons. The Labute approximate surface area is 522 Å². The number of nitrogens with one attached hydrogen (secondary N) is 4. The van der Waals surface area contributed by atoms with E-state index in [0.717, 1.165) is 85.6 Å². The van der Waals surface area contributed by atoms with Gasteiger partial charge in [-0.25, -0.2) is 4.79 Å². The number of fused-ring (bicyclic) bond motifs is 12. The number of alkyl carbamates (subject to hydrolysis) is 1. The van der Waals surface area contributed by atoms with E-state index in [-0.39, 0.29) is 72.8 Å². The van der Waals surface area contributed by atoms with Gasteiger partial charge in [0, 0.05) is 63.9 Å². The Hall–Kier alpha value is -8.28. The lowest BCUT2D eigenvalue weighted by Crippen LogP contribution is -2.63. The van der Waals surface area contributed by atoms with Crippen LogP contribution in [0.4, 0.5) is 16.2 Å². The Morgan fingerprint density at radius 3 is 2.26 bits per heavy atom. The van der Waals surface area contributed by atoms with Crippen LogP contribution in [0.5, 0.6) is 0 Å². The number of anilines is 2. The number of hydrogen-bond acceptors (Lipinski definition) is 13. The van der Waals surface area contributed by atoms with Gasteiger partial charge in [0.1, 0.15) is 19.3 Å². The van der Waals surface area contributed by atoms with Crippen LogP contribution in [-0.4, -0.2) is 105 Å². The summed E-state index contributed by atoms with van der Waals surface area (Å²) in [5.41, 5.74) is 3.95. The molecule has 7 N–H and O–H groups in total. The van der Waals surface area contributed by atoms with E-state index in [2.05, 4.69) is 52.2 Å². The average molecular weight is 1220 g/mol. The van der Waals surface area contributed by atoms with E-state index in [1.54, 1.807) is 47.4 Å². The Balaban J connectivity index is 0.582. The number of nitrogens with zero attached hydrogens (tertiary/aromatic N) is 1. The number of carboxylic acid groups (broad SMARTS) is 1. The van der Waals surface area contributed by atoms with Crippen molar-refractivity contribution < 1.29 is 67.9 Å². The SMILES string of the molecule is C[C@]12C=CC(=O)C=C1CC[C@@H]1[C@@H]2[C@@H](O)C[C@@]2(C)[C@H]1C[C@H]1OC(c3ccc(CC45CCC(NC(=O)OCc6ccc(NC(=O)[C@H](CCC(=O)O)NC(=O)CNC(=O)CCC(=O)N7Cc8ccccc8C#Cc8ccccc87)cc6)(CC4)CC5)cc3)O[C@]12C(=O)CO. The molecule has 1 unspecified atom stereocenters. The molecule has 0 spiro atoms. The number of aliphatic carboxylic acids is 1. The Kier molecular flexibility index (Phi) is 17.1. The van der Waals surface area contributed by atoms with E-state index in [1.165, 1.54) is 0 Å². The largest absolute Gasteiger partial charge is 0.481 e. The molecule has 2 heterocycles. The Bertz CT molecular complexity index is 3640. The number of amides is 5. The minimum absolute atomic E-state index is 0.000444. The predicted molar refractivity (Wildman–Crippen MR) is 329 cm³/mol. The quantitative estimate of drug-likeness (QED) is 0.0439. The van der Waals surface area contributed by atoms with Crippen LogP contribution in [0.2, 0.25) is 0 Å². The standard InChI is InChI=1S/C71H77N5O14/c1-67-28-27-51(78)35-49(67)19-22-52-53-36-58-71(57(80)41-77,68(53,2)38-56(79)63(52)67)90-65(89-58)47-15-11-43(12-16-47)37-69-29-32-70(33-30-69,34-31-69)75-66(87)88-42-44-13-20-50(21-14-44)73-64(86)54(23-26-62(84)85)74-60(82)39-72-59(81)24-25-61(83)76-40-48-9-4-3-7-45(48)17-18-46-8-5-6-10-55(46)76/h3-16,20-21,27-28,35,52-54,56,58,63,65,77,79H,19,22-26,29-34,36-42H2,1-2H3,(H,72,81)(H,73,86)(H,74,82)(H,75,87)(H,84,85)/t52-,53-,54-,56-,58+,63+,65?,67-,68-,69?,70?,71+/m0/s1. The summed E-state index contributed by atoms with van der Waals surface area (Å²) in [7, 11) is 0. The number of hydrogen-bond donors (Lipinski definition) is 7. The first-order valence-corrected chi connectivity index (χ1v) is 31.5. The third-order valence-corrected chi connectivity index (χ3v) is 21.5. The number of carboxylic acids is 1.